The van der Waals surface area contributed by atoms with E-state index in [1.807, 2.05) is 45.9 Å². The maximum atomic E-state index is 15.0. The van der Waals surface area contributed by atoms with Gasteiger partial charge < -0.3 is 143 Å². The maximum Gasteiger partial charge on any atom is 0.410 e. The van der Waals surface area contributed by atoms with Crippen molar-refractivity contribution in [2.45, 2.75) is 200 Å². The van der Waals surface area contributed by atoms with E-state index in [1.54, 1.807) is 63.8 Å². The first-order valence-corrected chi connectivity index (χ1v) is 44.8. The van der Waals surface area contributed by atoms with Crippen molar-refractivity contribution in [2.75, 3.05) is 205 Å². The Kier molecular flexibility index (Phi) is 57.5. The maximum absolute atomic E-state index is 15.0. The Bertz CT molecular complexity index is 3480. The number of rotatable bonds is 73. The number of methoxy groups -OCH3 is 2. The van der Waals surface area contributed by atoms with Crippen molar-refractivity contribution in [3.8, 4) is 5.75 Å². The smallest absolute Gasteiger partial charge is 0.410 e. The van der Waals surface area contributed by atoms with E-state index in [9.17, 15) is 68.7 Å². The molecule has 0 radical (unpaired) electrons. The van der Waals surface area contributed by atoms with Gasteiger partial charge in [0, 0.05) is 97.4 Å². The number of aldehydes is 1. The number of aliphatic hydroxyl groups excluding tert-OH is 4. The van der Waals surface area contributed by atoms with E-state index >= 15 is 4.79 Å². The highest BCUT2D eigenvalue weighted by Crippen LogP contribution is 2.36. The number of hydrogen-bond acceptors (Lipinski definition) is 31. The standard InChI is InChI=1S/C90H149N7O31/c1-13-62(6)80(75(114-12)57-78(103)97-30-19-23-71(97)68(58-98)64(8)72(99)54-63(7)81(104)66-20-15-14-16-21-66)95(9)87(109)67(60(2)3)56-73(100)79(61(4)5)96(10)90(112)126-59-65-24-25-74(127-89-84(107)82(105)83(106)85(128-89)88(110)111)70(55-65)94-77(102)26-29-93-86(108)69(91)22-17-18-28-92-76(101)27-31-115-34-35-117-38-39-119-42-43-121-46-47-123-50-51-125-53-52-124-49-48-122-45-44-120-41-40-118-37-36-116-33-32-113-11/h14-16,20-21,24-25,55,58,60-64,67-69,71,75,79-85,89,104-107H,13,17-19,22-23,26-54,56-57,59,91H2,1-12H3,(H,92,101)(H,93,108)(H,94,102)(H,110,111)/t62-,63-,64+,67-,68+,69-,71-,75+,79-,80-,81+,82-,83-,84+,85-,89+/m0/s1. The van der Waals surface area contributed by atoms with Gasteiger partial charge >= 0.3 is 12.1 Å². The molecule has 16 atom stereocenters. The predicted molar refractivity (Wildman–Crippen MR) is 468 cm³/mol. The largest absolute Gasteiger partial charge is 0.479 e. The number of nitrogens with one attached hydrogen (secondary N) is 3. The van der Waals surface area contributed by atoms with Gasteiger partial charge in [-0.1, -0.05) is 98.2 Å². The summed E-state index contributed by atoms with van der Waals surface area (Å²) >= 11 is 0. The first kappa shape index (κ1) is 113. The topological polar surface area (TPSA) is 491 Å². The molecule has 4 rings (SSSR count). The Balaban J connectivity index is 1.17. The van der Waals surface area contributed by atoms with Crippen molar-refractivity contribution in [3.05, 3.63) is 59.7 Å². The number of likely N-dealkylation sites (tertiary alicyclic amines) is 1. The third-order valence-electron chi connectivity index (χ3n) is 22.4. The molecule has 0 unspecified atom stereocenters. The Labute approximate surface area is 754 Å². The van der Waals surface area contributed by atoms with Crippen molar-refractivity contribution < 1.29 is 149 Å². The number of Topliss-reactive ketones (excluding diaryl/α,β-unsaturated/α-hetero) is 2. The first-order chi connectivity index (χ1) is 61.4. The molecular formula is C90H149N7O31. The molecule has 38 heteroatoms. The van der Waals surface area contributed by atoms with Crippen LogP contribution in [0, 0.1) is 41.4 Å². The Morgan fingerprint density at radius 2 is 1.13 bits per heavy atom. The molecule has 0 aromatic heterocycles. The lowest BCUT2D eigenvalue weighted by Gasteiger charge is -2.41. The molecule has 2 saturated heterocycles. The van der Waals surface area contributed by atoms with Gasteiger partial charge in [0.25, 0.3) is 0 Å². The van der Waals surface area contributed by atoms with E-state index < -0.39 is 145 Å². The van der Waals surface area contributed by atoms with Crippen molar-refractivity contribution in [1.29, 1.82) is 0 Å². The van der Waals surface area contributed by atoms with E-state index in [1.165, 1.54) is 32.4 Å². The molecule has 730 valence electrons. The summed E-state index contributed by atoms with van der Waals surface area (Å²) in [4.78, 5) is 141. The van der Waals surface area contributed by atoms with Crippen LogP contribution in [0.15, 0.2) is 48.5 Å². The number of hydrogen-bond donors (Lipinski definition) is 9. The summed E-state index contributed by atoms with van der Waals surface area (Å²) in [5.41, 5.74) is 6.96. The van der Waals surface area contributed by atoms with Crippen LogP contribution in [0.2, 0.25) is 0 Å². The Morgan fingerprint density at radius 3 is 1.62 bits per heavy atom. The van der Waals surface area contributed by atoms with Crippen molar-refractivity contribution in [3.63, 3.8) is 0 Å². The van der Waals surface area contributed by atoms with E-state index in [4.69, 9.17) is 81.5 Å². The molecule has 2 aliphatic heterocycles. The zero-order chi connectivity index (χ0) is 94.3. The van der Waals surface area contributed by atoms with Crippen LogP contribution in [0.3, 0.4) is 0 Å². The highest BCUT2D eigenvalue weighted by molar-refractivity contribution is 5.94. The number of ether oxygens (including phenoxy) is 16. The lowest BCUT2D eigenvalue weighted by molar-refractivity contribution is -0.271. The van der Waals surface area contributed by atoms with Gasteiger partial charge in [-0.2, -0.15) is 0 Å². The summed E-state index contributed by atoms with van der Waals surface area (Å²) in [6.45, 7) is 24.4. The van der Waals surface area contributed by atoms with Crippen molar-refractivity contribution in [1.82, 2.24) is 25.3 Å². The van der Waals surface area contributed by atoms with Gasteiger partial charge in [0.15, 0.2) is 11.9 Å². The summed E-state index contributed by atoms with van der Waals surface area (Å²) in [5, 5.41) is 60.7. The number of anilines is 1. The molecule has 0 aliphatic carbocycles. The number of carbonyl (C=O) groups is 10. The van der Waals surface area contributed by atoms with Crippen LogP contribution in [-0.2, 0) is 121 Å². The molecule has 38 nitrogen and oxygen atoms in total. The summed E-state index contributed by atoms with van der Waals surface area (Å²) in [5.74, 6) is -8.79. The number of likely N-dealkylation sites (N-methyl/N-ethyl adjacent to an activating group) is 2. The number of nitrogens with zero attached hydrogens (tertiary/aromatic N) is 3. The fourth-order valence-corrected chi connectivity index (χ4v) is 14.8. The van der Waals surface area contributed by atoms with Gasteiger partial charge in [0.05, 0.1) is 194 Å². The number of aliphatic hydroxyl groups is 4. The van der Waals surface area contributed by atoms with Crippen LogP contribution in [0.5, 0.6) is 5.75 Å². The minimum Gasteiger partial charge on any atom is -0.479 e. The number of carbonyl (C=O) groups excluding carboxylic acids is 9. The third-order valence-corrected chi connectivity index (χ3v) is 22.4. The molecule has 6 amide bonds. The minimum atomic E-state index is -2.05. The predicted octanol–water partition coefficient (Wildman–Crippen LogP) is 4.11. The zero-order valence-corrected chi connectivity index (χ0v) is 77.2. The highest BCUT2D eigenvalue weighted by atomic mass is 16.7. The van der Waals surface area contributed by atoms with E-state index in [0.29, 0.717) is 190 Å². The fraction of sp³-hybridized carbons (Fsp3) is 0.756. The number of aliphatic carboxylic acids is 1. The van der Waals surface area contributed by atoms with Crippen molar-refractivity contribution in [2.24, 2.45) is 47.2 Å². The van der Waals surface area contributed by atoms with Gasteiger partial charge in [-0.25, -0.2) is 9.59 Å². The molecule has 2 aliphatic rings. The first-order valence-electron chi connectivity index (χ1n) is 44.8. The van der Waals surface area contributed by atoms with Gasteiger partial charge in [-0.05, 0) is 79.0 Å². The van der Waals surface area contributed by atoms with Crippen LogP contribution in [-0.4, -0.2) is 361 Å². The van der Waals surface area contributed by atoms with Crippen LogP contribution in [0.1, 0.15) is 143 Å². The molecule has 2 heterocycles. The zero-order valence-electron chi connectivity index (χ0n) is 77.2. The second kappa shape index (κ2) is 65.2. The average Bonchev–Trinajstić information content (AvgIpc) is 1.27. The summed E-state index contributed by atoms with van der Waals surface area (Å²) in [6.07, 6.45) is -9.70. The number of amides is 6. The summed E-state index contributed by atoms with van der Waals surface area (Å²) < 4.78 is 88.3. The molecule has 0 bridgehead atoms. The lowest BCUT2D eigenvalue weighted by atomic mass is 9.80. The molecule has 10 N–H and O–H groups in total. The Hall–Kier alpha value is -7.42. The summed E-state index contributed by atoms with van der Waals surface area (Å²) in [7, 11) is 6.09. The van der Waals surface area contributed by atoms with Gasteiger partial charge in [0.2, 0.25) is 35.8 Å². The highest BCUT2D eigenvalue weighted by Gasteiger charge is 2.49. The normalized spacial score (nSPS) is 18.8. The molecule has 2 aromatic carbocycles. The second-order valence-corrected chi connectivity index (χ2v) is 32.7. The summed E-state index contributed by atoms with van der Waals surface area (Å²) in [6, 6.07) is 9.71. The SMILES string of the molecule is CC[C@H](C)[C@@H]([C@@H](CC(=O)N1CCC[C@H]1[C@H](C=O)[C@@H](C)C(=O)C[C@H](C)[C@@H](O)c1ccccc1)OC)N(C)C(=O)[C@@H](CC(=O)[C@H](C(C)C)N(C)C(=O)OCc1ccc(O[C@@H]2O[C@H](C(=O)O)[C@@H](O)[C@H](O)[C@H]2O)c(NC(=O)CCNC(=O)[C@@H](N)CCCCNC(=O)CCOCCOCCOCCOCCOCCOCCOCCOCCOCCOCCOCCOC)c1)C(C)C. The van der Waals surface area contributed by atoms with Crippen LogP contribution < -0.4 is 26.4 Å². The van der Waals surface area contributed by atoms with Gasteiger partial charge in [-0.3, -0.25) is 33.6 Å². The van der Waals surface area contributed by atoms with Crippen LogP contribution in [0.4, 0.5) is 10.5 Å². The number of nitrogens with two attached hydrogens (primary N) is 1. The number of carboxylic acids is 1. The Morgan fingerprint density at radius 1 is 0.602 bits per heavy atom. The van der Waals surface area contributed by atoms with Crippen molar-refractivity contribution >= 4 is 65.1 Å². The molecule has 0 saturated carbocycles. The lowest BCUT2D eigenvalue weighted by Crippen LogP contribution is -2.61. The number of ketones is 2. The fourth-order valence-electron chi connectivity index (χ4n) is 14.8. The monoisotopic (exact) mass is 1820 g/mol. The number of unbranched alkanes of at least 4 members (excludes halogenated alkanes) is 1. The average molecular weight is 1830 g/mol. The van der Waals surface area contributed by atoms with Gasteiger partial charge in [0.1, 0.15) is 42.7 Å². The third kappa shape index (κ3) is 42.0. The van der Waals surface area contributed by atoms with E-state index in [0.717, 1.165) is 11.2 Å². The minimum absolute atomic E-state index is 0.0224. The van der Waals surface area contributed by atoms with Crippen LogP contribution in [0.25, 0.3) is 0 Å². The quantitative estimate of drug-likeness (QED) is 0.0332. The second-order valence-electron chi connectivity index (χ2n) is 32.7. The van der Waals surface area contributed by atoms with Crippen LogP contribution >= 0.6 is 0 Å². The number of carboxylic acid groups (broad SMARTS) is 1. The van der Waals surface area contributed by atoms with E-state index in [-0.39, 0.29) is 98.8 Å². The van der Waals surface area contributed by atoms with Gasteiger partial charge in [-0.15, -0.1) is 0 Å². The molecule has 0 spiro atoms. The molecule has 2 fully saturated rings. The molecule has 2 aromatic rings. The molecular weight excluding hydrogens is 1680 g/mol. The number of benzene rings is 2. The van der Waals surface area contributed by atoms with E-state index in [2.05, 4.69) is 16.0 Å². The molecule has 128 heavy (non-hydrogen) atoms.